The molecule has 1 aliphatic carbocycles. The molecule has 1 aliphatic heterocycles. The summed E-state index contributed by atoms with van der Waals surface area (Å²) < 4.78 is 5.52. The molecule has 5 N–H and O–H groups in total. The summed E-state index contributed by atoms with van der Waals surface area (Å²) in [5.41, 5.74) is 3.60. The lowest BCUT2D eigenvalue weighted by atomic mass is 9.80. The zero-order valence-electron chi connectivity index (χ0n) is 29.9. The highest BCUT2D eigenvalue weighted by molar-refractivity contribution is 6.37. The number of nitrogens with zero attached hydrogens (tertiary/aromatic N) is 1. The predicted octanol–water partition coefficient (Wildman–Crippen LogP) is 3.31. The first-order valence-electron chi connectivity index (χ1n) is 16.6. The van der Waals surface area contributed by atoms with E-state index in [9.17, 15) is 28.8 Å². The van der Waals surface area contributed by atoms with Crippen molar-refractivity contribution in [3.05, 3.63) is 0 Å². The van der Waals surface area contributed by atoms with E-state index in [4.69, 9.17) is 10.5 Å². The van der Waals surface area contributed by atoms with Gasteiger partial charge in [0.1, 0.15) is 18.1 Å². The van der Waals surface area contributed by atoms with Crippen molar-refractivity contribution in [2.24, 2.45) is 39.7 Å². The number of urea groups is 1. The molecule has 2 aliphatic rings. The highest BCUT2D eigenvalue weighted by atomic mass is 16.5. The Morgan fingerprint density at radius 2 is 1.37 bits per heavy atom. The van der Waals surface area contributed by atoms with Crippen LogP contribution in [0.15, 0.2) is 0 Å². The molecule has 0 spiro atoms. The molecule has 0 bridgehead atoms. The molecule has 12 nitrogen and oxygen atoms in total. The summed E-state index contributed by atoms with van der Waals surface area (Å²) in [6.45, 7) is 21.0. The average molecular weight is 650 g/mol. The Morgan fingerprint density at radius 3 is 1.80 bits per heavy atom. The van der Waals surface area contributed by atoms with Crippen molar-refractivity contribution in [3.63, 3.8) is 0 Å². The Kier molecular flexibility index (Phi) is 12.8. The van der Waals surface area contributed by atoms with Gasteiger partial charge in [-0.05, 0) is 46.8 Å². The van der Waals surface area contributed by atoms with Gasteiger partial charge in [-0.3, -0.25) is 19.2 Å². The van der Waals surface area contributed by atoms with Crippen LogP contribution in [-0.2, 0) is 28.7 Å². The number of primary amides is 1. The second kappa shape index (κ2) is 15.2. The molecule has 0 aromatic rings. The Hall–Kier alpha value is -3.18. The van der Waals surface area contributed by atoms with E-state index in [1.54, 1.807) is 20.8 Å². The molecular weight excluding hydrogens is 590 g/mol. The summed E-state index contributed by atoms with van der Waals surface area (Å²) in [6.07, 6.45) is 3.71. The first kappa shape index (κ1) is 39.0. The van der Waals surface area contributed by atoms with E-state index < -0.39 is 70.5 Å². The Labute approximate surface area is 275 Å². The highest BCUT2D eigenvalue weighted by Gasteiger charge is 2.48. The number of Topliss-reactive ketones (excluding diaryl/α,β-unsaturated/α-hetero) is 1. The van der Waals surface area contributed by atoms with Gasteiger partial charge in [-0.2, -0.15) is 0 Å². The lowest BCUT2D eigenvalue weighted by molar-refractivity contribution is -0.151. The maximum Gasteiger partial charge on any atom is 0.329 e. The quantitative estimate of drug-likeness (QED) is 0.185. The largest absolute Gasteiger partial charge is 0.464 e. The van der Waals surface area contributed by atoms with Crippen LogP contribution in [0.5, 0.6) is 0 Å². The second-order valence-corrected chi connectivity index (χ2v) is 16.9. The van der Waals surface area contributed by atoms with Gasteiger partial charge in [0.2, 0.25) is 17.6 Å². The SMILES string of the molecule is CC(C)[C@H]1CCN(C(=O)[C@@H](NC(=O)N[C@@H](C(=O)OCC(C)(C)C)C(C)(C)C)C(C)(C)C)[C@@H]1C(=O)NC(CC1CCC1)C(=O)C(N)=O. The first-order chi connectivity index (χ1) is 20.9. The average Bonchev–Trinajstić information content (AvgIpc) is 3.33. The number of nitrogens with one attached hydrogen (secondary N) is 3. The number of rotatable bonds is 12. The number of esters is 1. The summed E-state index contributed by atoms with van der Waals surface area (Å²) in [7, 11) is 0. The zero-order chi connectivity index (χ0) is 35.4. The predicted molar refractivity (Wildman–Crippen MR) is 175 cm³/mol. The lowest BCUT2D eigenvalue weighted by Gasteiger charge is -2.38. The van der Waals surface area contributed by atoms with Crippen LogP contribution in [-0.4, -0.2) is 77.7 Å². The topological polar surface area (TPSA) is 177 Å². The number of hydrogen-bond acceptors (Lipinski definition) is 7. The van der Waals surface area contributed by atoms with Crippen LogP contribution in [0.1, 0.15) is 108 Å². The fourth-order valence-corrected chi connectivity index (χ4v) is 5.94. The van der Waals surface area contributed by atoms with Crippen molar-refractivity contribution in [2.45, 2.75) is 132 Å². The maximum atomic E-state index is 14.3. The van der Waals surface area contributed by atoms with E-state index in [1.807, 2.05) is 55.4 Å². The Bertz CT molecular complexity index is 1140. The van der Waals surface area contributed by atoms with E-state index in [2.05, 4.69) is 16.0 Å². The molecule has 1 saturated heterocycles. The molecule has 1 heterocycles. The van der Waals surface area contributed by atoms with Gasteiger partial charge < -0.3 is 31.3 Å². The second-order valence-electron chi connectivity index (χ2n) is 16.9. The molecular formula is C34H59N5O7. The standard InChI is InChI=1S/C34H59N5O7/c1-19(2)21-15-16-39(23(21)28(42)36-22(24(40)27(35)41)17-20-13-12-14-20)29(43)25(33(6,7)8)37-31(45)38-26(34(9,10)11)30(44)46-18-32(3,4)5/h19-23,25-26H,12-18H2,1-11H3,(H2,35,41)(H,36,42)(H2,37,38,45)/t21-,22?,23+,25-,26+/m1/s1. The minimum Gasteiger partial charge on any atom is -0.464 e. The zero-order valence-corrected chi connectivity index (χ0v) is 29.9. The normalized spacial score (nSPS) is 21.1. The van der Waals surface area contributed by atoms with E-state index in [-0.39, 0.29) is 36.3 Å². The smallest absolute Gasteiger partial charge is 0.329 e. The summed E-state index contributed by atoms with van der Waals surface area (Å²) in [6, 6.07) is -4.74. The summed E-state index contributed by atoms with van der Waals surface area (Å²) in [4.78, 5) is 80.6. The minimum atomic E-state index is -1.11. The van der Waals surface area contributed by atoms with Gasteiger partial charge in [-0.15, -0.1) is 0 Å². The number of likely N-dealkylation sites (tertiary alicyclic amines) is 1. The van der Waals surface area contributed by atoms with Crippen molar-refractivity contribution >= 4 is 35.5 Å². The van der Waals surface area contributed by atoms with Gasteiger partial charge in [-0.25, -0.2) is 9.59 Å². The summed E-state index contributed by atoms with van der Waals surface area (Å²) in [5.74, 6) is -3.47. The number of ether oxygens (including phenoxy) is 1. The molecule has 2 fully saturated rings. The summed E-state index contributed by atoms with van der Waals surface area (Å²) in [5, 5.41) is 8.28. The highest BCUT2D eigenvalue weighted by Crippen LogP contribution is 2.34. The molecule has 0 aromatic heterocycles. The van der Waals surface area contributed by atoms with Crippen molar-refractivity contribution in [1.82, 2.24) is 20.9 Å². The van der Waals surface area contributed by atoms with Gasteiger partial charge in [-0.1, -0.05) is 95.4 Å². The van der Waals surface area contributed by atoms with Crippen LogP contribution >= 0.6 is 0 Å². The number of nitrogens with two attached hydrogens (primary N) is 1. The van der Waals surface area contributed by atoms with Crippen molar-refractivity contribution in [3.8, 4) is 0 Å². The first-order valence-corrected chi connectivity index (χ1v) is 16.6. The van der Waals surface area contributed by atoms with Crippen LogP contribution in [0.3, 0.4) is 0 Å². The minimum absolute atomic E-state index is 0.0291. The lowest BCUT2D eigenvalue weighted by Crippen LogP contribution is -2.62. The number of carbonyl (C=O) groups excluding carboxylic acids is 6. The van der Waals surface area contributed by atoms with Crippen LogP contribution in [0, 0.1) is 34.0 Å². The third-order valence-electron chi connectivity index (χ3n) is 8.94. The molecule has 0 radical (unpaired) electrons. The van der Waals surface area contributed by atoms with E-state index >= 15 is 0 Å². The number of amides is 5. The van der Waals surface area contributed by atoms with Gasteiger partial charge >= 0.3 is 12.0 Å². The summed E-state index contributed by atoms with van der Waals surface area (Å²) >= 11 is 0. The molecule has 1 unspecified atom stereocenters. The fraction of sp³-hybridized carbons (Fsp3) is 0.824. The fourth-order valence-electron chi connectivity index (χ4n) is 5.94. The van der Waals surface area contributed by atoms with Gasteiger partial charge in [0.05, 0.1) is 12.6 Å². The Balaban J connectivity index is 2.32. The maximum absolute atomic E-state index is 14.3. The molecule has 1 saturated carbocycles. The third-order valence-corrected chi connectivity index (χ3v) is 8.94. The van der Waals surface area contributed by atoms with Crippen LogP contribution in [0.25, 0.3) is 0 Å². The van der Waals surface area contributed by atoms with Crippen molar-refractivity contribution < 1.29 is 33.5 Å². The molecule has 0 aromatic carbocycles. The van der Waals surface area contributed by atoms with Crippen LogP contribution in [0.2, 0.25) is 0 Å². The van der Waals surface area contributed by atoms with Crippen LogP contribution < -0.4 is 21.7 Å². The van der Waals surface area contributed by atoms with Crippen LogP contribution in [0.4, 0.5) is 4.79 Å². The molecule has 5 atom stereocenters. The van der Waals surface area contributed by atoms with E-state index in [1.165, 1.54) is 4.90 Å². The molecule has 5 amide bonds. The van der Waals surface area contributed by atoms with Gasteiger partial charge in [0.15, 0.2) is 0 Å². The van der Waals surface area contributed by atoms with Crippen molar-refractivity contribution in [2.75, 3.05) is 13.2 Å². The number of carbonyl (C=O) groups is 6. The number of hydrogen-bond donors (Lipinski definition) is 4. The van der Waals surface area contributed by atoms with Crippen molar-refractivity contribution in [1.29, 1.82) is 0 Å². The Morgan fingerprint density at radius 1 is 0.826 bits per heavy atom. The number of ketones is 1. The third kappa shape index (κ3) is 10.7. The molecule has 2 rings (SSSR count). The van der Waals surface area contributed by atoms with Gasteiger partial charge in [0.25, 0.3) is 5.91 Å². The monoisotopic (exact) mass is 649 g/mol. The van der Waals surface area contributed by atoms with E-state index in [0.29, 0.717) is 12.8 Å². The van der Waals surface area contributed by atoms with E-state index in [0.717, 1.165) is 19.3 Å². The van der Waals surface area contributed by atoms with Gasteiger partial charge in [0, 0.05) is 6.54 Å². The molecule has 262 valence electrons. The molecule has 46 heavy (non-hydrogen) atoms. The molecule has 12 heteroatoms.